The van der Waals surface area contributed by atoms with Crippen LogP contribution in [0.3, 0.4) is 0 Å². The van der Waals surface area contributed by atoms with E-state index in [2.05, 4.69) is 37.6 Å². The van der Waals surface area contributed by atoms with Crippen molar-refractivity contribution in [3.05, 3.63) is 17.0 Å². The largest absolute Gasteiger partial charge is 0.351 e. The summed E-state index contributed by atoms with van der Waals surface area (Å²) in [6.07, 6.45) is 3.07. The van der Waals surface area contributed by atoms with E-state index in [1.54, 1.807) is 0 Å². The van der Waals surface area contributed by atoms with Crippen molar-refractivity contribution in [3.63, 3.8) is 0 Å². The van der Waals surface area contributed by atoms with Crippen LogP contribution in [0.5, 0.6) is 0 Å². The fourth-order valence-electron chi connectivity index (χ4n) is 3.49. The minimum atomic E-state index is -0.0484. The molecule has 1 aromatic rings. The average Bonchev–Trinajstić information content (AvgIpc) is 3.06. The Labute approximate surface area is 144 Å². The van der Waals surface area contributed by atoms with Crippen LogP contribution in [-0.4, -0.2) is 78.3 Å². The molecule has 0 saturated carbocycles. The molecular weight excluding hydrogens is 304 g/mol. The van der Waals surface area contributed by atoms with E-state index in [1.807, 2.05) is 0 Å². The second kappa shape index (κ2) is 8.60. The Bertz CT molecular complexity index is 535. The lowest BCUT2D eigenvalue weighted by atomic mass is 10.1. The summed E-state index contributed by atoms with van der Waals surface area (Å²) < 4.78 is 0. The highest BCUT2D eigenvalue weighted by Gasteiger charge is 2.21. The number of carbonyl (C=O) groups is 1. The Morgan fingerprint density at radius 3 is 2.79 bits per heavy atom. The highest BCUT2D eigenvalue weighted by Crippen LogP contribution is 2.15. The molecule has 134 valence electrons. The molecule has 24 heavy (non-hydrogen) atoms. The molecule has 2 aliphatic heterocycles. The van der Waals surface area contributed by atoms with Gasteiger partial charge in [0.15, 0.2) is 5.69 Å². The fourth-order valence-corrected chi connectivity index (χ4v) is 3.49. The molecule has 3 N–H and O–H groups in total. The van der Waals surface area contributed by atoms with E-state index in [-0.39, 0.29) is 5.91 Å². The van der Waals surface area contributed by atoms with Crippen LogP contribution in [0.4, 0.5) is 0 Å². The van der Waals surface area contributed by atoms with Crippen molar-refractivity contribution in [3.8, 4) is 0 Å². The molecule has 0 radical (unpaired) electrons. The number of nitrogens with one attached hydrogen (secondary N) is 3. The van der Waals surface area contributed by atoms with Gasteiger partial charge in [0.05, 0.1) is 0 Å². The summed E-state index contributed by atoms with van der Waals surface area (Å²) in [6.45, 7) is 11.6. The Morgan fingerprint density at radius 1 is 1.21 bits per heavy atom. The summed E-state index contributed by atoms with van der Waals surface area (Å²) in [5, 5.41) is 13.5. The van der Waals surface area contributed by atoms with Gasteiger partial charge in [-0.2, -0.15) is 5.10 Å². The molecule has 1 amide bonds. The van der Waals surface area contributed by atoms with E-state index >= 15 is 0 Å². The van der Waals surface area contributed by atoms with Crippen LogP contribution in [0.15, 0.2) is 0 Å². The molecule has 0 aliphatic carbocycles. The third kappa shape index (κ3) is 4.34. The summed E-state index contributed by atoms with van der Waals surface area (Å²) in [7, 11) is 0. The highest BCUT2D eigenvalue weighted by atomic mass is 16.1. The first-order valence-corrected chi connectivity index (χ1v) is 9.27. The quantitative estimate of drug-likeness (QED) is 0.621. The molecule has 7 nitrogen and oxygen atoms in total. The van der Waals surface area contributed by atoms with Crippen LogP contribution in [0.2, 0.25) is 0 Å². The molecule has 1 saturated heterocycles. The number of unbranched alkanes of at least 4 members (excludes halogenated alkanes) is 1. The molecule has 0 spiro atoms. The highest BCUT2D eigenvalue weighted by molar-refractivity contribution is 5.94. The number of aromatic amines is 1. The van der Waals surface area contributed by atoms with Crippen LogP contribution in [0.1, 0.15) is 41.5 Å². The number of hydrogen-bond donors (Lipinski definition) is 3. The maximum atomic E-state index is 12.3. The summed E-state index contributed by atoms with van der Waals surface area (Å²) in [5.74, 6) is -0.0484. The predicted molar refractivity (Wildman–Crippen MR) is 94.1 cm³/mol. The lowest BCUT2D eigenvalue weighted by molar-refractivity contribution is 0.0945. The van der Waals surface area contributed by atoms with Crippen molar-refractivity contribution in [2.45, 2.75) is 32.7 Å². The number of likely N-dealkylation sites (N-methyl/N-ethyl adjacent to an activating group) is 1. The van der Waals surface area contributed by atoms with Crippen molar-refractivity contribution >= 4 is 5.91 Å². The van der Waals surface area contributed by atoms with Gasteiger partial charge in [-0.05, 0) is 25.9 Å². The van der Waals surface area contributed by atoms with Gasteiger partial charge < -0.3 is 20.4 Å². The summed E-state index contributed by atoms with van der Waals surface area (Å²) in [6, 6.07) is 0. The molecule has 0 aromatic carbocycles. The summed E-state index contributed by atoms with van der Waals surface area (Å²) in [5.41, 5.74) is 2.70. The number of nitrogens with zero attached hydrogens (tertiary/aromatic N) is 3. The van der Waals surface area contributed by atoms with Gasteiger partial charge in [0.25, 0.3) is 5.91 Å². The number of hydrogen-bond acceptors (Lipinski definition) is 5. The lowest BCUT2D eigenvalue weighted by Crippen LogP contribution is -2.46. The average molecular weight is 334 g/mol. The molecule has 1 fully saturated rings. The molecule has 1 aromatic heterocycles. The maximum Gasteiger partial charge on any atom is 0.272 e. The number of piperazine rings is 1. The molecule has 0 unspecified atom stereocenters. The van der Waals surface area contributed by atoms with Gasteiger partial charge in [-0.1, -0.05) is 6.92 Å². The topological polar surface area (TPSA) is 76.3 Å². The van der Waals surface area contributed by atoms with E-state index in [0.29, 0.717) is 5.69 Å². The molecule has 3 rings (SSSR count). The van der Waals surface area contributed by atoms with Gasteiger partial charge in [-0.3, -0.25) is 9.89 Å². The number of carbonyl (C=O) groups excluding carboxylic acids is 1. The van der Waals surface area contributed by atoms with Crippen molar-refractivity contribution < 1.29 is 4.79 Å². The Balaban J connectivity index is 1.32. The van der Waals surface area contributed by atoms with Crippen molar-refractivity contribution in [2.75, 3.05) is 52.4 Å². The van der Waals surface area contributed by atoms with Crippen molar-refractivity contribution in [1.82, 2.24) is 30.6 Å². The second-order valence-corrected chi connectivity index (χ2v) is 6.70. The zero-order valence-electron chi connectivity index (χ0n) is 14.7. The van der Waals surface area contributed by atoms with Crippen molar-refractivity contribution in [1.29, 1.82) is 0 Å². The maximum absolute atomic E-state index is 12.3. The third-order valence-electron chi connectivity index (χ3n) is 5.12. The smallest absolute Gasteiger partial charge is 0.272 e. The molecule has 0 bridgehead atoms. The molecule has 3 heterocycles. The molecule has 2 aliphatic rings. The first kappa shape index (κ1) is 17.4. The number of H-pyrrole nitrogens is 1. The first-order valence-electron chi connectivity index (χ1n) is 9.27. The Hall–Kier alpha value is -1.44. The standard InChI is InChI=1S/C17H30N6O/c1-2-22-9-11-23(12-10-22)8-4-3-6-19-17(24)16-14-13-18-7-5-15(14)20-21-16/h18H,2-13H2,1H3,(H,19,24)(H,20,21). The van der Waals surface area contributed by atoms with Crippen LogP contribution < -0.4 is 10.6 Å². The SMILES string of the molecule is CCN1CCN(CCCCNC(=O)c2n[nH]c3c2CNCC3)CC1. The van der Waals surface area contributed by atoms with Crippen LogP contribution in [0.25, 0.3) is 0 Å². The van der Waals surface area contributed by atoms with Gasteiger partial charge in [0, 0.05) is 63.5 Å². The van der Waals surface area contributed by atoms with Gasteiger partial charge in [-0.25, -0.2) is 0 Å². The summed E-state index contributed by atoms with van der Waals surface area (Å²) in [4.78, 5) is 17.3. The van der Waals surface area contributed by atoms with E-state index in [1.165, 1.54) is 26.2 Å². The van der Waals surface area contributed by atoms with Crippen molar-refractivity contribution in [2.24, 2.45) is 0 Å². The fraction of sp³-hybridized carbons (Fsp3) is 0.765. The normalized spacial score (nSPS) is 19.2. The second-order valence-electron chi connectivity index (χ2n) is 6.70. The Kier molecular flexibility index (Phi) is 6.23. The molecule has 0 atom stereocenters. The van der Waals surface area contributed by atoms with Crippen LogP contribution >= 0.6 is 0 Å². The van der Waals surface area contributed by atoms with Crippen LogP contribution in [0, 0.1) is 0 Å². The number of aromatic nitrogens is 2. The number of rotatable bonds is 7. The predicted octanol–water partition coefficient (Wildman–Crippen LogP) is 0.203. The lowest BCUT2D eigenvalue weighted by Gasteiger charge is -2.33. The third-order valence-corrected chi connectivity index (χ3v) is 5.12. The van der Waals surface area contributed by atoms with E-state index in [0.717, 1.165) is 63.2 Å². The number of fused-ring (bicyclic) bond motifs is 1. The first-order chi connectivity index (χ1) is 11.8. The van der Waals surface area contributed by atoms with E-state index < -0.39 is 0 Å². The monoisotopic (exact) mass is 334 g/mol. The van der Waals surface area contributed by atoms with Gasteiger partial charge in [0.1, 0.15) is 0 Å². The van der Waals surface area contributed by atoms with E-state index in [9.17, 15) is 4.79 Å². The molecular formula is C17H30N6O. The van der Waals surface area contributed by atoms with Gasteiger partial charge in [-0.15, -0.1) is 0 Å². The van der Waals surface area contributed by atoms with Gasteiger partial charge >= 0.3 is 0 Å². The van der Waals surface area contributed by atoms with Crippen LogP contribution in [-0.2, 0) is 13.0 Å². The zero-order valence-corrected chi connectivity index (χ0v) is 14.7. The zero-order chi connectivity index (χ0) is 16.8. The minimum absolute atomic E-state index is 0.0484. The molecule has 7 heteroatoms. The van der Waals surface area contributed by atoms with E-state index in [4.69, 9.17) is 0 Å². The number of amides is 1. The van der Waals surface area contributed by atoms with Gasteiger partial charge in [0.2, 0.25) is 0 Å². The summed E-state index contributed by atoms with van der Waals surface area (Å²) >= 11 is 0. The minimum Gasteiger partial charge on any atom is -0.351 e. The Morgan fingerprint density at radius 2 is 2.00 bits per heavy atom.